The Morgan fingerprint density at radius 1 is 0.692 bits per heavy atom. The molecule has 0 unspecified atom stereocenters. The Labute approximate surface area is 233 Å². The van der Waals surface area contributed by atoms with Crippen LogP contribution in [0.3, 0.4) is 0 Å². The Kier molecular flexibility index (Phi) is 6.86. The third-order valence-electron chi connectivity index (χ3n) is 7.53. The van der Waals surface area contributed by atoms with E-state index in [1.807, 2.05) is 30.3 Å². The van der Waals surface area contributed by atoms with Crippen molar-refractivity contribution in [2.75, 3.05) is 5.32 Å². The molecule has 39 heavy (non-hydrogen) atoms. The molecule has 192 valence electrons. The molecule has 1 heterocycles. The van der Waals surface area contributed by atoms with Crippen LogP contribution in [-0.4, -0.2) is 4.92 Å². The molecule has 1 N–H and O–H groups in total. The summed E-state index contributed by atoms with van der Waals surface area (Å²) >= 11 is 6.74. The molecule has 5 aromatic rings. The number of hydrogen-bond donors (Lipinski definition) is 1. The molecule has 0 radical (unpaired) electrons. The van der Waals surface area contributed by atoms with Crippen LogP contribution < -0.4 is 21.2 Å². The minimum absolute atomic E-state index is 0.0281. The van der Waals surface area contributed by atoms with Crippen LogP contribution in [0, 0.1) is 10.1 Å². The maximum Gasteiger partial charge on any atom is 0.269 e. The van der Waals surface area contributed by atoms with E-state index in [2.05, 4.69) is 96.3 Å². The minimum Gasteiger partial charge on any atom is -0.377 e. The summed E-state index contributed by atoms with van der Waals surface area (Å²) in [4.78, 5) is 10.9. The van der Waals surface area contributed by atoms with E-state index in [1.165, 1.54) is 11.1 Å². The van der Waals surface area contributed by atoms with Gasteiger partial charge in [0.2, 0.25) is 0 Å². The first-order valence-corrected chi connectivity index (χ1v) is 15.8. The fourth-order valence-electron chi connectivity index (χ4n) is 5.62. The molecule has 0 saturated carbocycles. The molecular formula is C33H27N2O2PS. The summed E-state index contributed by atoms with van der Waals surface area (Å²) in [5.41, 5.74) is 4.68. The van der Waals surface area contributed by atoms with Crippen molar-refractivity contribution in [3.05, 3.63) is 160 Å². The van der Waals surface area contributed by atoms with E-state index in [1.54, 1.807) is 12.1 Å². The maximum absolute atomic E-state index is 11.3. The van der Waals surface area contributed by atoms with Gasteiger partial charge in [0.15, 0.2) is 0 Å². The molecule has 5 aromatic carbocycles. The lowest BCUT2D eigenvalue weighted by Gasteiger charge is -2.37. The summed E-state index contributed by atoms with van der Waals surface area (Å²) in [6, 6.07) is 42.5. The van der Waals surface area contributed by atoms with Gasteiger partial charge in [-0.2, -0.15) is 0 Å². The summed E-state index contributed by atoms with van der Waals surface area (Å²) in [6.45, 7) is 0. The molecule has 0 saturated heterocycles. The topological polar surface area (TPSA) is 55.2 Å². The average Bonchev–Trinajstić information content (AvgIpc) is 3.01. The van der Waals surface area contributed by atoms with Gasteiger partial charge in [-0.1, -0.05) is 133 Å². The van der Waals surface area contributed by atoms with Crippen molar-refractivity contribution >= 4 is 45.1 Å². The number of nitro groups is 1. The summed E-state index contributed by atoms with van der Waals surface area (Å²) in [7, 11) is 0. The number of hydrogen-bond acceptors (Lipinski definition) is 4. The zero-order chi connectivity index (χ0) is 26.8. The molecule has 0 fully saturated rings. The van der Waals surface area contributed by atoms with Gasteiger partial charge < -0.3 is 5.32 Å². The molecule has 0 bridgehead atoms. The SMILES string of the molecule is O=[N+]([O-])c1ccc([C@@H]2C[C@H](c3ccccc3)c3cccc(P(=S)(c4ccccc4)c4ccccc4)c3N2)cc1. The Morgan fingerprint density at radius 2 is 1.26 bits per heavy atom. The lowest BCUT2D eigenvalue weighted by molar-refractivity contribution is -0.384. The van der Waals surface area contributed by atoms with Crippen molar-refractivity contribution in [2.24, 2.45) is 0 Å². The monoisotopic (exact) mass is 546 g/mol. The van der Waals surface area contributed by atoms with E-state index in [9.17, 15) is 10.1 Å². The largest absolute Gasteiger partial charge is 0.377 e. The maximum atomic E-state index is 11.3. The van der Waals surface area contributed by atoms with Crippen LogP contribution in [0.4, 0.5) is 11.4 Å². The predicted molar refractivity (Wildman–Crippen MR) is 165 cm³/mol. The first-order chi connectivity index (χ1) is 19.1. The Morgan fingerprint density at radius 3 is 1.82 bits per heavy atom. The lowest BCUT2D eigenvalue weighted by atomic mass is 9.80. The number of fused-ring (bicyclic) bond motifs is 1. The van der Waals surface area contributed by atoms with Crippen LogP contribution in [0.5, 0.6) is 0 Å². The van der Waals surface area contributed by atoms with Crippen molar-refractivity contribution < 1.29 is 4.92 Å². The van der Waals surface area contributed by atoms with E-state index in [0.29, 0.717) is 0 Å². The van der Waals surface area contributed by atoms with Crippen molar-refractivity contribution in [2.45, 2.75) is 18.4 Å². The van der Waals surface area contributed by atoms with Crippen molar-refractivity contribution in [1.29, 1.82) is 0 Å². The van der Waals surface area contributed by atoms with Crippen LogP contribution in [0.2, 0.25) is 0 Å². The Bertz CT molecular complexity index is 1620. The van der Waals surface area contributed by atoms with Gasteiger partial charge in [-0.25, -0.2) is 0 Å². The van der Waals surface area contributed by atoms with Crippen molar-refractivity contribution in [3.63, 3.8) is 0 Å². The number of anilines is 1. The molecule has 1 aliphatic heterocycles. The van der Waals surface area contributed by atoms with Crippen LogP contribution in [0.25, 0.3) is 0 Å². The number of rotatable bonds is 6. The second-order valence-corrected chi connectivity index (χ2v) is 14.1. The normalized spacial score (nSPS) is 16.6. The highest BCUT2D eigenvalue weighted by Crippen LogP contribution is 2.50. The van der Waals surface area contributed by atoms with Gasteiger partial charge in [0, 0.05) is 35.1 Å². The number of benzene rings is 5. The van der Waals surface area contributed by atoms with E-state index < -0.39 is 6.04 Å². The average molecular weight is 547 g/mol. The van der Waals surface area contributed by atoms with Gasteiger partial charge in [0.25, 0.3) is 5.69 Å². The molecule has 0 spiro atoms. The quantitative estimate of drug-likeness (QED) is 0.141. The molecule has 2 atom stereocenters. The third-order valence-corrected chi connectivity index (χ3v) is 12.5. The number of para-hydroxylation sites is 1. The van der Waals surface area contributed by atoms with Crippen LogP contribution in [0.15, 0.2) is 133 Å². The molecule has 0 aromatic heterocycles. The fourth-order valence-corrected chi connectivity index (χ4v) is 9.64. The zero-order valence-electron chi connectivity index (χ0n) is 21.2. The summed E-state index contributed by atoms with van der Waals surface area (Å²) in [6.07, 6.45) is 0.831. The van der Waals surface area contributed by atoms with Crippen LogP contribution in [0.1, 0.15) is 35.1 Å². The standard InChI is InChI=1S/C33H27N2O2PS/c36-35(37)26-21-19-25(20-22-26)31-23-30(24-11-4-1-5-12-24)29-17-10-18-32(33(29)34-31)38(39,27-13-6-2-7-14-27)28-15-8-3-9-16-28/h1-22,30-31,34H,23H2/t30-,31+/m1/s1. The second-order valence-electron chi connectivity index (χ2n) is 9.77. The molecule has 0 aliphatic carbocycles. The van der Waals surface area contributed by atoms with E-state index in [4.69, 9.17) is 11.8 Å². The lowest BCUT2D eigenvalue weighted by Crippen LogP contribution is -2.31. The van der Waals surface area contributed by atoms with Crippen molar-refractivity contribution in [1.82, 2.24) is 0 Å². The number of nitrogens with one attached hydrogen (secondary N) is 1. The molecule has 6 rings (SSSR count). The van der Waals surface area contributed by atoms with Gasteiger partial charge >= 0.3 is 0 Å². The Balaban J connectivity index is 1.56. The van der Waals surface area contributed by atoms with Gasteiger partial charge in [0.05, 0.1) is 11.0 Å². The number of nitro benzene ring substituents is 1. The smallest absolute Gasteiger partial charge is 0.269 e. The minimum atomic E-state index is -2.41. The molecule has 4 nitrogen and oxygen atoms in total. The molecule has 1 aliphatic rings. The number of nitrogens with zero attached hydrogens (tertiary/aromatic N) is 1. The van der Waals surface area contributed by atoms with Gasteiger partial charge in [-0.05, 0) is 33.7 Å². The fraction of sp³-hybridized carbons (Fsp3) is 0.0909. The van der Waals surface area contributed by atoms with Gasteiger partial charge in [-0.15, -0.1) is 0 Å². The second kappa shape index (κ2) is 10.6. The van der Waals surface area contributed by atoms with Crippen LogP contribution in [-0.2, 0) is 11.8 Å². The summed E-state index contributed by atoms with van der Waals surface area (Å²) < 4.78 is 0. The highest BCUT2D eigenvalue weighted by Gasteiger charge is 2.35. The van der Waals surface area contributed by atoms with Gasteiger partial charge in [-0.3, -0.25) is 10.1 Å². The highest BCUT2D eigenvalue weighted by atomic mass is 32.4. The van der Waals surface area contributed by atoms with Crippen LogP contribution >= 0.6 is 6.04 Å². The zero-order valence-corrected chi connectivity index (χ0v) is 22.9. The third kappa shape index (κ3) is 4.69. The number of non-ortho nitro benzene ring substituents is 1. The van der Waals surface area contributed by atoms with Crippen molar-refractivity contribution in [3.8, 4) is 0 Å². The van der Waals surface area contributed by atoms with E-state index in [0.717, 1.165) is 33.6 Å². The summed E-state index contributed by atoms with van der Waals surface area (Å²) in [5, 5.41) is 18.6. The Hall–Kier alpha value is -4.05. The molecular weight excluding hydrogens is 519 g/mol. The van der Waals surface area contributed by atoms with Gasteiger partial charge in [0.1, 0.15) is 0 Å². The highest BCUT2D eigenvalue weighted by molar-refractivity contribution is 8.25. The molecule has 6 heteroatoms. The predicted octanol–water partition coefficient (Wildman–Crippen LogP) is 7.04. The van der Waals surface area contributed by atoms with E-state index in [-0.39, 0.29) is 22.6 Å². The summed E-state index contributed by atoms with van der Waals surface area (Å²) in [5.74, 6) is 0.151. The molecule has 0 amide bonds. The first-order valence-electron chi connectivity index (χ1n) is 13.0. The van der Waals surface area contributed by atoms with E-state index >= 15 is 0 Å². The first kappa shape index (κ1) is 25.2.